The molecule has 3 aliphatic rings. The van der Waals surface area contributed by atoms with Crippen molar-refractivity contribution in [2.75, 3.05) is 26.8 Å². The third-order valence-electron chi connectivity index (χ3n) is 15.2. The first kappa shape index (κ1) is 56.6. The summed E-state index contributed by atoms with van der Waals surface area (Å²) in [6, 6.07) is 16.1. The average molecular weight is 1070 g/mol. The molecule has 0 bridgehead atoms. The Labute approximate surface area is 457 Å². The Balaban J connectivity index is 0.681. The van der Waals surface area contributed by atoms with E-state index >= 15 is 0 Å². The van der Waals surface area contributed by atoms with Gasteiger partial charge in [0.25, 0.3) is 5.91 Å². The first-order chi connectivity index (χ1) is 37.1. The number of thiazole rings is 1. The first-order valence-corrected chi connectivity index (χ1v) is 28.6. The first-order valence-electron chi connectivity index (χ1n) is 27.7. The Morgan fingerprint density at radius 3 is 2.27 bits per heavy atom. The number of hydrogen-bond acceptors (Lipinski definition) is 11. The second-order valence-corrected chi connectivity index (χ2v) is 22.9. The topological polar surface area (TPSA) is 206 Å². The van der Waals surface area contributed by atoms with E-state index in [-0.39, 0.29) is 61.5 Å². The number of carbonyl (C=O) groups is 5. The molecule has 5 aromatic rings. The monoisotopic (exact) mass is 1070 g/mol. The molecule has 0 saturated carbocycles. The average Bonchev–Trinajstić information content (AvgIpc) is 4.28. The van der Waals surface area contributed by atoms with Gasteiger partial charge in [-0.25, -0.2) is 9.97 Å². The molecule has 0 spiro atoms. The standard InChI is InChI=1S/C60H78N8O8S/c1-38-50(75-6)31-44(57(72)65-47-26-25-41-23-24-43(30-46(41)47)48-36-67-28-14-16-52(67)64-48)32-51(38)76-29-15-27-61-53(70)17-12-10-8-7-9-11-13-18-54(71)66-56(60(3,4)5)59(74)68-35-45(69)33-49(68)58(73)62-34-40-19-21-42(22-20-40)55-39(2)63-37-77-55/h19-24,30-32,36-37,45,47,49,56,69H,7-18,25-29,33-35H2,1-6H3,(H,61,70)(H,62,73)(H,65,72)(H,66,71)/t45-,47-,49+,56-/m1/s1. The Morgan fingerprint density at radius 1 is 0.857 bits per heavy atom. The van der Waals surface area contributed by atoms with Gasteiger partial charge in [0.2, 0.25) is 23.6 Å². The molecular weight excluding hydrogens is 993 g/mol. The summed E-state index contributed by atoms with van der Waals surface area (Å²) in [4.78, 5) is 78.8. The zero-order chi connectivity index (χ0) is 54.6. The minimum atomic E-state index is -0.868. The number of unbranched alkanes of at least 4 members (excludes halogenated alkanes) is 6. The highest BCUT2D eigenvalue weighted by molar-refractivity contribution is 7.13. The van der Waals surface area contributed by atoms with E-state index in [1.807, 2.05) is 64.4 Å². The van der Waals surface area contributed by atoms with E-state index in [0.717, 1.165) is 121 Å². The summed E-state index contributed by atoms with van der Waals surface area (Å²) >= 11 is 1.58. The van der Waals surface area contributed by atoms with E-state index < -0.39 is 23.6 Å². The van der Waals surface area contributed by atoms with Crippen LogP contribution in [0.3, 0.4) is 0 Å². The van der Waals surface area contributed by atoms with Crippen molar-refractivity contribution in [3.8, 4) is 33.2 Å². The Bertz CT molecular complexity index is 2850. The quantitative estimate of drug-likeness (QED) is 0.0351. The molecule has 77 heavy (non-hydrogen) atoms. The third-order valence-corrected chi connectivity index (χ3v) is 16.2. The molecule has 2 aromatic heterocycles. The van der Waals surface area contributed by atoms with E-state index in [4.69, 9.17) is 14.5 Å². The minimum Gasteiger partial charge on any atom is -0.496 e. The van der Waals surface area contributed by atoms with Gasteiger partial charge in [0.1, 0.15) is 29.4 Å². The van der Waals surface area contributed by atoms with Crippen LogP contribution in [0.25, 0.3) is 21.7 Å². The number of carbonyl (C=O) groups excluding carboxylic acids is 5. The molecule has 4 atom stereocenters. The largest absolute Gasteiger partial charge is 0.496 e. The van der Waals surface area contributed by atoms with Gasteiger partial charge in [-0.05, 0) is 98.2 Å². The van der Waals surface area contributed by atoms with E-state index in [1.54, 1.807) is 30.6 Å². The minimum absolute atomic E-state index is 0.00807. The van der Waals surface area contributed by atoms with Crippen molar-refractivity contribution >= 4 is 40.9 Å². The summed E-state index contributed by atoms with van der Waals surface area (Å²) in [6.07, 6.45) is 12.8. The lowest BCUT2D eigenvalue weighted by molar-refractivity contribution is -0.144. The molecule has 5 amide bonds. The second kappa shape index (κ2) is 26.2. The maximum Gasteiger partial charge on any atom is 0.252 e. The number of benzene rings is 3. The van der Waals surface area contributed by atoms with Gasteiger partial charge in [-0.3, -0.25) is 24.0 Å². The maximum atomic E-state index is 14.0. The van der Waals surface area contributed by atoms with Crippen molar-refractivity contribution in [2.45, 2.75) is 168 Å². The van der Waals surface area contributed by atoms with Crippen molar-refractivity contribution in [1.29, 1.82) is 0 Å². The third kappa shape index (κ3) is 14.7. The number of ether oxygens (including phenoxy) is 2. The smallest absolute Gasteiger partial charge is 0.252 e. The van der Waals surface area contributed by atoms with Crippen molar-refractivity contribution in [3.05, 3.63) is 106 Å². The predicted octanol–water partition coefficient (Wildman–Crippen LogP) is 8.87. The number of methoxy groups -OCH3 is 1. The normalized spacial score (nSPS) is 17.1. The van der Waals surface area contributed by atoms with E-state index in [1.165, 1.54) is 10.5 Å². The maximum absolute atomic E-state index is 14.0. The molecule has 17 heteroatoms. The number of hydrogen-bond donors (Lipinski definition) is 5. The van der Waals surface area contributed by atoms with Crippen LogP contribution in [0.15, 0.2) is 66.3 Å². The Kier molecular flexibility index (Phi) is 19.2. The van der Waals surface area contributed by atoms with Crippen LogP contribution in [0.5, 0.6) is 11.5 Å². The summed E-state index contributed by atoms with van der Waals surface area (Å²) in [5.41, 5.74) is 9.82. The lowest BCUT2D eigenvalue weighted by Crippen LogP contribution is -2.57. The van der Waals surface area contributed by atoms with Crippen molar-refractivity contribution < 1.29 is 38.6 Å². The van der Waals surface area contributed by atoms with Crippen LogP contribution >= 0.6 is 11.3 Å². The zero-order valence-electron chi connectivity index (χ0n) is 45.8. The van der Waals surface area contributed by atoms with Gasteiger partial charge >= 0.3 is 0 Å². The highest BCUT2D eigenvalue weighted by Crippen LogP contribution is 2.37. The fraction of sp³-hybridized carbons (Fsp3) is 0.517. The number of aromatic nitrogens is 3. The lowest BCUT2D eigenvalue weighted by atomic mass is 9.85. The predicted molar refractivity (Wildman–Crippen MR) is 299 cm³/mol. The van der Waals surface area contributed by atoms with Crippen LogP contribution in [0.4, 0.5) is 0 Å². The summed E-state index contributed by atoms with van der Waals surface area (Å²) in [6.45, 7) is 11.7. The molecule has 4 heterocycles. The molecule has 5 N–H and O–H groups in total. The number of likely N-dealkylation sites (tertiary alicyclic amines) is 1. The molecular formula is C60H78N8O8S. The molecule has 8 rings (SSSR count). The van der Waals surface area contributed by atoms with Gasteiger partial charge in [-0.2, -0.15) is 0 Å². The van der Waals surface area contributed by atoms with E-state index in [9.17, 15) is 29.1 Å². The number of nitrogens with one attached hydrogen (secondary N) is 4. The number of aliphatic hydroxyl groups excluding tert-OH is 1. The number of aliphatic hydroxyl groups is 1. The van der Waals surface area contributed by atoms with Gasteiger partial charge in [0.05, 0.1) is 47.6 Å². The van der Waals surface area contributed by atoms with Crippen molar-refractivity contribution in [3.63, 3.8) is 0 Å². The highest BCUT2D eigenvalue weighted by atomic mass is 32.1. The van der Waals surface area contributed by atoms with Gasteiger partial charge in [-0.1, -0.05) is 89.3 Å². The van der Waals surface area contributed by atoms with Gasteiger partial charge < -0.3 is 45.3 Å². The number of fused-ring (bicyclic) bond motifs is 2. The summed E-state index contributed by atoms with van der Waals surface area (Å²) in [7, 11) is 1.58. The summed E-state index contributed by atoms with van der Waals surface area (Å²) in [5, 5.41) is 22.8. The number of rotatable bonds is 25. The van der Waals surface area contributed by atoms with E-state index in [2.05, 4.69) is 55.2 Å². The fourth-order valence-electron chi connectivity index (χ4n) is 10.7. The molecule has 1 aliphatic carbocycles. The van der Waals surface area contributed by atoms with Crippen LogP contribution in [-0.2, 0) is 45.1 Å². The molecule has 0 radical (unpaired) electrons. The number of nitrogens with zero attached hydrogens (tertiary/aromatic N) is 4. The van der Waals surface area contributed by atoms with Gasteiger partial charge in [-0.15, -0.1) is 11.3 Å². The molecule has 412 valence electrons. The number of β-amino-alcohol motifs (C(OH)–C–C–N with tert-alkyl or cyclic N) is 1. The van der Waals surface area contributed by atoms with Crippen LogP contribution < -0.4 is 30.7 Å². The Hall–Kier alpha value is -6.59. The lowest BCUT2D eigenvalue weighted by Gasteiger charge is -2.35. The summed E-state index contributed by atoms with van der Waals surface area (Å²) < 4.78 is 14.0. The van der Waals surface area contributed by atoms with E-state index in [0.29, 0.717) is 49.5 Å². The Morgan fingerprint density at radius 2 is 1.57 bits per heavy atom. The number of aryl methyl sites for hydroxylation is 4. The van der Waals surface area contributed by atoms with Crippen LogP contribution in [0, 0.1) is 19.3 Å². The van der Waals surface area contributed by atoms with Crippen LogP contribution in [0.1, 0.15) is 154 Å². The van der Waals surface area contributed by atoms with Gasteiger partial charge in [0, 0.05) is 74.7 Å². The molecule has 2 aliphatic heterocycles. The second-order valence-electron chi connectivity index (χ2n) is 22.1. The van der Waals surface area contributed by atoms with Crippen LogP contribution in [-0.4, -0.2) is 99.1 Å². The fourth-order valence-corrected chi connectivity index (χ4v) is 11.6. The summed E-state index contributed by atoms with van der Waals surface area (Å²) in [5.74, 6) is 1.16. The van der Waals surface area contributed by atoms with Crippen LogP contribution in [0.2, 0.25) is 0 Å². The zero-order valence-corrected chi connectivity index (χ0v) is 46.6. The highest BCUT2D eigenvalue weighted by Gasteiger charge is 2.44. The number of amides is 5. The SMILES string of the molecule is COc1cc(C(=O)N[C@@H]2CCc3ccc(-c4cn5c(n4)CCC5)cc32)cc(OCCCNC(=O)CCCCCCCCCC(=O)N[C@H](C(=O)N2C[C@H](O)C[C@H]2C(=O)NCc2ccc(-c3scnc3C)cc2)C(C)(C)C)c1C. The molecule has 0 unspecified atom stereocenters. The van der Waals surface area contributed by atoms with Crippen molar-refractivity contribution in [2.24, 2.45) is 5.41 Å². The van der Waals surface area contributed by atoms with Crippen molar-refractivity contribution in [1.82, 2.24) is 40.7 Å². The molecule has 1 fully saturated rings. The molecule has 1 saturated heterocycles. The van der Waals surface area contributed by atoms with Gasteiger partial charge in [0.15, 0.2) is 0 Å². The number of imidazole rings is 1. The molecule has 16 nitrogen and oxygen atoms in total. The molecule has 3 aromatic carbocycles.